The minimum atomic E-state index is -0.420. The van der Waals surface area contributed by atoms with E-state index in [1.54, 1.807) is 16.7 Å². The van der Waals surface area contributed by atoms with Crippen molar-refractivity contribution in [3.05, 3.63) is 62.6 Å². The van der Waals surface area contributed by atoms with Crippen molar-refractivity contribution in [3.63, 3.8) is 0 Å². The summed E-state index contributed by atoms with van der Waals surface area (Å²) >= 11 is 0. The van der Waals surface area contributed by atoms with Gasteiger partial charge in [-0.05, 0) is 44.9 Å². The highest BCUT2D eigenvalue weighted by atomic mass is 19.1. The molecule has 5 rings (SSSR count). The molecule has 0 aliphatic carbocycles. The van der Waals surface area contributed by atoms with E-state index >= 15 is 0 Å². The zero-order valence-corrected chi connectivity index (χ0v) is 20.5. The quantitative estimate of drug-likeness (QED) is 0.399. The van der Waals surface area contributed by atoms with E-state index in [2.05, 4.69) is 26.9 Å². The highest BCUT2D eigenvalue weighted by molar-refractivity contribution is 5.71. The minimum Gasteiger partial charge on any atom is -0.339 e. The molecule has 1 N–H and O–H groups in total. The molecule has 0 bridgehead atoms. The number of nitrogens with zero attached hydrogens (tertiary/aromatic N) is 6. The summed E-state index contributed by atoms with van der Waals surface area (Å²) in [5, 5.41) is 4.06. The van der Waals surface area contributed by atoms with Crippen LogP contribution in [0.25, 0.3) is 22.6 Å². The van der Waals surface area contributed by atoms with Gasteiger partial charge in [-0.1, -0.05) is 30.6 Å². The fraction of sp³-hybridized carbons (Fsp3) is 0.480. The second kappa shape index (κ2) is 10.2. The molecule has 36 heavy (non-hydrogen) atoms. The molecule has 0 amide bonds. The molecular formula is C25H30FN7O3. The smallest absolute Gasteiger partial charge is 0.330 e. The molecule has 1 unspecified atom stereocenters. The summed E-state index contributed by atoms with van der Waals surface area (Å²) in [6.07, 6.45) is 3.60. The number of likely N-dealkylation sites (tertiary alicyclic amines) is 1. The Labute approximate surface area is 206 Å². The number of aromatic amines is 1. The van der Waals surface area contributed by atoms with E-state index in [1.165, 1.54) is 12.1 Å². The fourth-order valence-electron chi connectivity index (χ4n) is 4.95. The van der Waals surface area contributed by atoms with Crippen LogP contribution in [0.15, 0.2) is 38.4 Å². The van der Waals surface area contributed by atoms with Gasteiger partial charge in [-0.3, -0.25) is 19.2 Å². The number of rotatable bonds is 8. The first-order valence-corrected chi connectivity index (χ1v) is 12.5. The number of nitrogens with one attached hydrogen (secondary N) is 1. The molecule has 1 fully saturated rings. The first kappa shape index (κ1) is 24.1. The molecule has 190 valence electrons. The van der Waals surface area contributed by atoms with Gasteiger partial charge in [0, 0.05) is 25.2 Å². The minimum absolute atomic E-state index is 0.0409. The summed E-state index contributed by atoms with van der Waals surface area (Å²) in [6.45, 7) is 7.20. The van der Waals surface area contributed by atoms with E-state index in [-0.39, 0.29) is 11.7 Å². The number of hydrogen-bond acceptors (Lipinski definition) is 7. The molecular weight excluding hydrogens is 465 g/mol. The van der Waals surface area contributed by atoms with Crippen molar-refractivity contribution in [1.29, 1.82) is 0 Å². The lowest BCUT2D eigenvalue weighted by atomic mass is 9.98. The van der Waals surface area contributed by atoms with Crippen LogP contribution >= 0.6 is 0 Å². The van der Waals surface area contributed by atoms with Gasteiger partial charge in [0.05, 0.1) is 12.5 Å². The zero-order chi connectivity index (χ0) is 25.2. The van der Waals surface area contributed by atoms with E-state index in [4.69, 9.17) is 9.51 Å². The Balaban J connectivity index is 1.39. The molecule has 4 heterocycles. The Kier molecular flexibility index (Phi) is 6.82. The maximum atomic E-state index is 13.6. The van der Waals surface area contributed by atoms with Gasteiger partial charge in [0.25, 0.3) is 5.56 Å². The number of hydrogen-bond donors (Lipinski definition) is 1. The third-order valence-electron chi connectivity index (χ3n) is 6.76. The number of piperidine rings is 1. The second-order valence-electron chi connectivity index (χ2n) is 9.25. The van der Waals surface area contributed by atoms with E-state index in [1.807, 2.05) is 11.5 Å². The predicted molar refractivity (Wildman–Crippen MR) is 132 cm³/mol. The average Bonchev–Trinajstić information content (AvgIpc) is 3.50. The Morgan fingerprint density at radius 2 is 2.06 bits per heavy atom. The number of fused-ring (bicyclic) bond motifs is 1. The molecule has 4 aromatic rings. The number of aryl methyl sites for hydroxylation is 2. The van der Waals surface area contributed by atoms with Gasteiger partial charge < -0.3 is 9.09 Å². The number of H-pyrrole nitrogens is 1. The molecule has 3 aromatic heterocycles. The normalized spacial score (nSPS) is 16.7. The average molecular weight is 496 g/mol. The Bertz CT molecular complexity index is 1490. The molecule has 1 aromatic carbocycles. The van der Waals surface area contributed by atoms with Crippen LogP contribution in [0.5, 0.6) is 0 Å². The predicted octanol–water partition coefficient (Wildman–Crippen LogP) is 3.28. The third-order valence-corrected chi connectivity index (χ3v) is 6.76. The van der Waals surface area contributed by atoms with Gasteiger partial charge in [-0.2, -0.15) is 4.98 Å². The standard InChI is InChI=1S/C25H30FN7O3/c1-3-5-12-33-22-20(23(34)29-25(33)35)32(4-2)19(27-22)15-31-11-7-9-17(14-31)24-28-21(30-36-24)16-8-6-10-18(26)13-16/h6,8,10,13,17H,3-5,7,9,11-12,14-15H2,1-2H3,(H,29,34,35). The van der Waals surface area contributed by atoms with Crippen LogP contribution in [0.4, 0.5) is 4.39 Å². The molecule has 1 saturated heterocycles. The van der Waals surface area contributed by atoms with E-state index < -0.39 is 11.2 Å². The zero-order valence-electron chi connectivity index (χ0n) is 20.5. The lowest BCUT2D eigenvalue weighted by Crippen LogP contribution is -2.35. The van der Waals surface area contributed by atoms with Gasteiger partial charge in [0.1, 0.15) is 11.6 Å². The molecule has 1 aliphatic rings. The summed E-state index contributed by atoms with van der Waals surface area (Å²) in [4.78, 5) is 39.2. The molecule has 11 heteroatoms. The summed E-state index contributed by atoms with van der Waals surface area (Å²) in [6, 6.07) is 6.14. The van der Waals surface area contributed by atoms with Crippen molar-refractivity contribution in [2.45, 2.75) is 65.1 Å². The van der Waals surface area contributed by atoms with Crippen LogP contribution in [-0.4, -0.2) is 47.2 Å². The summed E-state index contributed by atoms with van der Waals surface area (Å²) < 4.78 is 22.6. The number of halogens is 1. The fourth-order valence-corrected chi connectivity index (χ4v) is 4.95. The largest absolute Gasteiger partial charge is 0.339 e. The first-order chi connectivity index (χ1) is 17.5. The van der Waals surface area contributed by atoms with Gasteiger partial charge in [0.2, 0.25) is 11.7 Å². The number of benzene rings is 1. The lowest BCUT2D eigenvalue weighted by molar-refractivity contribution is 0.175. The monoisotopic (exact) mass is 495 g/mol. The van der Waals surface area contributed by atoms with Crippen molar-refractivity contribution in [2.24, 2.45) is 0 Å². The summed E-state index contributed by atoms with van der Waals surface area (Å²) in [7, 11) is 0. The molecule has 0 saturated carbocycles. The van der Waals surface area contributed by atoms with Crippen molar-refractivity contribution in [1.82, 2.24) is 34.1 Å². The Hall–Kier alpha value is -3.60. The van der Waals surface area contributed by atoms with Crippen LogP contribution in [0.1, 0.15) is 57.2 Å². The van der Waals surface area contributed by atoms with Gasteiger partial charge in [-0.25, -0.2) is 14.2 Å². The molecule has 10 nitrogen and oxygen atoms in total. The molecule has 1 atom stereocenters. The van der Waals surface area contributed by atoms with Crippen molar-refractivity contribution in [2.75, 3.05) is 13.1 Å². The van der Waals surface area contributed by atoms with Crippen molar-refractivity contribution in [3.8, 4) is 11.4 Å². The van der Waals surface area contributed by atoms with Crippen LogP contribution in [-0.2, 0) is 19.6 Å². The maximum absolute atomic E-state index is 13.6. The second-order valence-corrected chi connectivity index (χ2v) is 9.25. The highest BCUT2D eigenvalue weighted by Crippen LogP contribution is 2.29. The number of unbranched alkanes of at least 4 members (excludes halogenated alkanes) is 1. The third kappa shape index (κ3) is 4.62. The number of imidazole rings is 1. The molecule has 0 spiro atoms. The van der Waals surface area contributed by atoms with Crippen molar-refractivity contribution >= 4 is 11.2 Å². The van der Waals surface area contributed by atoms with Crippen LogP contribution in [0.2, 0.25) is 0 Å². The van der Waals surface area contributed by atoms with E-state index in [0.717, 1.165) is 38.1 Å². The van der Waals surface area contributed by atoms with E-state index in [9.17, 15) is 14.0 Å². The van der Waals surface area contributed by atoms with Crippen LogP contribution in [0, 0.1) is 5.82 Å². The molecule has 1 aliphatic heterocycles. The highest BCUT2D eigenvalue weighted by Gasteiger charge is 2.28. The Morgan fingerprint density at radius 3 is 2.83 bits per heavy atom. The van der Waals surface area contributed by atoms with Gasteiger partial charge in [-0.15, -0.1) is 0 Å². The maximum Gasteiger partial charge on any atom is 0.330 e. The van der Waals surface area contributed by atoms with Gasteiger partial charge >= 0.3 is 5.69 Å². The van der Waals surface area contributed by atoms with Gasteiger partial charge in [0.15, 0.2) is 11.2 Å². The van der Waals surface area contributed by atoms with Crippen molar-refractivity contribution < 1.29 is 8.91 Å². The lowest BCUT2D eigenvalue weighted by Gasteiger charge is -2.30. The number of aromatic nitrogens is 6. The molecule has 0 radical (unpaired) electrons. The SMILES string of the molecule is CCCCn1c(=O)[nH]c(=O)c2c1nc(CN1CCCC(c3nc(-c4cccc(F)c4)no3)C1)n2CC. The summed E-state index contributed by atoms with van der Waals surface area (Å²) in [5.74, 6) is 1.35. The first-order valence-electron chi connectivity index (χ1n) is 12.5. The Morgan fingerprint density at radius 1 is 1.19 bits per heavy atom. The summed E-state index contributed by atoms with van der Waals surface area (Å²) in [5.41, 5.74) is 0.633. The van der Waals surface area contributed by atoms with Crippen LogP contribution in [0.3, 0.4) is 0 Å². The van der Waals surface area contributed by atoms with E-state index in [0.29, 0.717) is 54.6 Å². The van der Waals surface area contributed by atoms with Crippen LogP contribution < -0.4 is 11.2 Å². The topological polar surface area (TPSA) is 115 Å².